The van der Waals surface area contributed by atoms with E-state index in [2.05, 4.69) is 37.9 Å². The number of methoxy groups -OCH3 is 1. The van der Waals surface area contributed by atoms with Crippen LogP contribution in [-0.2, 0) is 9.53 Å². The number of carbonyl (C=O) groups excluding carboxylic acids is 1. The van der Waals surface area contributed by atoms with Gasteiger partial charge in [-0.2, -0.15) is 0 Å². The molecule has 122 valence electrons. The molecule has 1 aliphatic carbocycles. The maximum atomic E-state index is 12.5. The Bertz CT molecular complexity index is 370. The number of nitrogens with one attached hydrogen (secondary N) is 1. The summed E-state index contributed by atoms with van der Waals surface area (Å²) >= 11 is 0. The van der Waals surface area contributed by atoms with Gasteiger partial charge in [-0.15, -0.1) is 0 Å². The third-order valence-electron chi connectivity index (χ3n) is 5.49. The summed E-state index contributed by atoms with van der Waals surface area (Å²) in [5.41, 5.74) is -0.505. The third kappa shape index (κ3) is 3.42. The number of rotatable bonds is 6. The van der Waals surface area contributed by atoms with E-state index in [1.165, 1.54) is 13.5 Å². The molecular formula is C17H32N2O2. The highest BCUT2D eigenvalue weighted by Gasteiger charge is 2.53. The first-order chi connectivity index (χ1) is 9.94. The largest absolute Gasteiger partial charge is 0.468 e. The average Bonchev–Trinajstić information content (AvgIpc) is 3.27. The maximum absolute atomic E-state index is 12.5. The van der Waals surface area contributed by atoms with Crippen LogP contribution in [0.3, 0.4) is 0 Å². The average molecular weight is 296 g/mol. The quantitative estimate of drug-likeness (QED) is 0.764. The van der Waals surface area contributed by atoms with E-state index >= 15 is 0 Å². The van der Waals surface area contributed by atoms with Crippen molar-refractivity contribution in [1.29, 1.82) is 0 Å². The molecule has 4 heteroatoms. The zero-order chi connectivity index (χ0) is 15.6. The first-order valence-corrected chi connectivity index (χ1v) is 8.52. The zero-order valence-corrected chi connectivity index (χ0v) is 14.3. The number of hydrogen-bond donors (Lipinski definition) is 1. The summed E-state index contributed by atoms with van der Waals surface area (Å²) in [5, 5.41) is 3.49. The van der Waals surface area contributed by atoms with Gasteiger partial charge in [0.05, 0.1) is 7.11 Å². The van der Waals surface area contributed by atoms with Crippen molar-refractivity contribution in [2.24, 2.45) is 17.8 Å². The minimum atomic E-state index is -0.505. The van der Waals surface area contributed by atoms with Gasteiger partial charge in [0, 0.05) is 19.1 Å². The summed E-state index contributed by atoms with van der Waals surface area (Å²) in [7, 11) is 1.52. The molecular weight excluding hydrogens is 264 g/mol. The second kappa shape index (κ2) is 6.66. The van der Waals surface area contributed by atoms with Crippen LogP contribution >= 0.6 is 0 Å². The number of esters is 1. The van der Waals surface area contributed by atoms with E-state index in [1.807, 2.05) is 0 Å². The van der Waals surface area contributed by atoms with Crippen molar-refractivity contribution in [3.8, 4) is 0 Å². The molecule has 1 N–H and O–H groups in total. The Morgan fingerprint density at radius 1 is 1.33 bits per heavy atom. The highest BCUT2D eigenvalue weighted by molar-refractivity contribution is 5.82. The van der Waals surface area contributed by atoms with Gasteiger partial charge in [-0.05, 0) is 50.5 Å². The van der Waals surface area contributed by atoms with E-state index in [0.29, 0.717) is 23.8 Å². The van der Waals surface area contributed by atoms with Gasteiger partial charge in [0.1, 0.15) is 5.54 Å². The predicted molar refractivity (Wildman–Crippen MR) is 85.1 cm³/mol. The van der Waals surface area contributed by atoms with Gasteiger partial charge in [0.25, 0.3) is 0 Å². The molecule has 2 aliphatic rings. The fourth-order valence-corrected chi connectivity index (χ4v) is 4.07. The Labute approximate surface area is 129 Å². The Balaban J connectivity index is 2.19. The Morgan fingerprint density at radius 2 is 2.00 bits per heavy atom. The van der Waals surface area contributed by atoms with Gasteiger partial charge < -0.3 is 10.1 Å². The number of piperidine rings is 1. The standard InChI is InChI=1S/C17H32N2O2/c1-6-18-17(15-7-8-15,16(20)21-5)11-19-10-12(2)9-13(3)14(19)4/h12-15,18H,6-11H2,1-5H3. The lowest BCUT2D eigenvalue weighted by molar-refractivity contribution is -0.151. The molecule has 0 aromatic heterocycles. The first-order valence-electron chi connectivity index (χ1n) is 8.52. The van der Waals surface area contributed by atoms with Crippen LogP contribution in [0.25, 0.3) is 0 Å². The van der Waals surface area contributed by atoms with Crippen LogP contribution in [0.1, 0.15) is 47.0 Å². The number of likely N-dealkylation sites (tertiary alicyclic amines) is 1. The molecule has 1 aliphatic heterocycles. The van der Waals surface area contributed by atoms with Crippen LogP contribution in [0, 0.1) is 17.8 Å². The van der Waals surface area contributed by atoms with E-state index in [-0.39, 0.29) is 5.97 Å². The zero-order valence-electron chi connectivity index (χ0n) is 14.3. The van der Waals surface area contributed by atoms with E-state index in [1.54, 1.807) is 0 Å². The molecule has 0 radical (unpaired) electrons. The van der Waals surface area contributed by atoms with E-state index in [4.69, 9.17) is 4.74 Å². The number of ether oxygens (including phenoxy) is 1. The van der Waals surface area contributed by atoms with Crippen molar-refractivity contribution in [2.45, 2.75) is 58.5 Å². The van der Waals surface area contributed by atoms with E-state index in [9.17, 15) is 4.79 Å². The number of hydrogen-bond acceptors (Lipinski definition) is 4. The number of likely N-dealkylation sites (N-methyl/N-ethyl adjacent to an activating group) is 1. The molecule has 4 atom stereocenters. The van der Waals surface area contributed by atoms with Crippen LogP contribution < -0.4 is 5.32 Å². The van der Waals surface area contributed by atoms with Crippen molar-refractivity contribution in [3.05, 3.63) is 0 Å². The highest BCUT2D eigenvalue weighted by Crippen LogP contribution is 2.42. The second-order valence-electron chi connectivity index (χ2n) is 7.26. The Kier molecular flexibility index (Phi) is 5.31. The molecule has 0 spiro atoms. The fourth-order valence-electron chi connectivity index (χ4n) is 4.07. The van der Waals surface area contributed by atoms with Crippen molar-refractivity contribution in [3.63, 3.8) is 0 Å². The smallest absolute Gasteiger partial charge is 0.327 e. The molecule has 1 saturated heterocycles. The fraction of sp³-hybridized carbons (Fsp3) is 0.941. The molecule has 0 bridgehead atoms. The summed E-state index contributed by atoms with van der Waals surface area (Å²) in [6.45, 7) is 11.7. The molecule has 1 saturated carbocycles. The molecule has 4 nitrogen and oxygen atoms in total. The van der Waals surface area contributed by atoms with E-state index in [0.717, 1.165) is 32.5 Å². The second-order valence-corrected chi connectivity index (χ2v) is 7.26. The van der Waals surface area contributed by atoms with Gasteiger partial charge in [0.2, 0.25) is 0 Å². The molecule has 0 aromatic carbocycles. The SMILES string of the molecule is CCNC(CN1CC(C)CC(C)C1C)(C(=O)OC)C1CC1. The molecule has 4 unspecified atom stereocenters. The maximum Gasteiger partial charge on any atom is 0.327 e. The van der Waals surface area contributed by atoms with Crippen LogP contribution in [0.5, 0.6) is 0 Å². The Morgan fingerprint density at radius 3 is 2.52 bits per heavy atom. The highest BCUT2D eigenvalue weighted by atomic mass is 16.5. The normalized spacial score (nSPS) is 33.5. The van der Waals surface area contributed by atoms with Crippen LogP contribution in [0.4, 0.5) is 0 Å². The monoisotopic (exact) mass is 296 g/mol. The summed E-state index contributed by atoms with van der Waals surface area (Å²) in [5.74, 6) is 1.74. The summed E-state index contributed by atoms with van der Waals surface area (Å²) in [6, 6.07) is 0.530. The van der Waals surface area contributed by atoms with Gasteiger partial charge >= 0.3 is 5.97 Å². The van der Waals surface area contributed by atoms with Crippen LogP contribution in [-0.4, -0.2) is 49.2 Å². The minimum Gasteiger partial charge on any atom is -0.468 e. The van der Waals surface area contributed by atoms with Crippen molar-refractivity contribution in [2.75, 3.05) is 26.7 Å². The lowest BCUT2D eigenvalue weighted by atomic mass is 9.83. The van der Waals surface area contributed by atoms with Gasteiger partial charge in [0.15, 0.2) is 0 Å². The molecule has 2 rings (SSSR count). The Hall–Kier alpha value is -0.610. The third-order valence-corrected chi connectivity index (χ3v) is 5.49. The van der Waals surface area contributed by atoms with Gasteiger partial charge in [-0.1, -0.05) is 20.8 Å². The summed E-state index contributed by atoms with van der Waals surface area (Å²) < 4.78 is 5.17. The molecule has 1 heterocycles. The number of carbonyl (C=O) groups is 1. The molecule has 0 aromatic rings. The lowest BCUT2D eigenvalue weighted by Gasteiger charge is -2.45. The van der Waals surface area contributed by atoms with E-state index < -0.39 is 5.54 Å². The summed E-state index contributed by atoms with van der Waals surface area (Å²) in [4.78, 5) is 15.0. The van der Waals surface area contributed by atoms with Crippen LogP contribution in [0.15, 0.2) is 0 Å². The molecule has 21 heavy (non-hydrogen) atoms. The van der Waals surface area contributed by atoms with Crippen LogP contribution in [0.2, 0.25) is 0 Å². The predicted octanol–water partition coefficient (Wildman–Crippen LogP) is 2.28. The minimum absolute atomic E-state index is 0.0788. The number of nitrogens with zero attached hydrogens (tertiary/aromatic N) is 1. The van der Waals surface area contributed by atoms with Gasteiger partial charge in [-0.3, -0.25) is 4.90 Å². The topological polar surface area (TPSA) is 41.6 Å². The van der Waals surface area contributed by atoms with Crippen molar-refractivity contribution in [1.82, 2.24) is 10.2 Å². The molecule has 2 fully saturated rings. The molecule has 0 amide bonds. The van der Waals surface area contributed by atoms with Crippen molar-refractivity contribution >= 4 is 5.97 Å². The van der Waals surface area contributed by atoms with Gasteiger partial charge in [-0.25, -0.2) is 4.79 Å². The first kappa shape index (κ1) is 16.8. The summed E-state index contributed by atoms with van der Waals surface area (Å²) in [6.07, 6.45) is 3.55. The van der Waals surface area contributed by atoms with Crippen molar-refractivity contribution < 1.29 is 9.53 Å². The lowest BCUT2D eigenvalue weighted by Crippen LogP contribution is -2.63.